The van der Waals surface area contributed by atoms with Crippen LogP contribution in [0.25, 0.3) is 0 Å². The molecular formula is C4H9O3S2-. The van der Waals surface area contributed by atoms with E-state index in [4.69, 9.17) is 0 Å². The van der Waals surface area contributed by atoms with Gasteiger partial charge in [0.25, 0.3) is 0 Å². The Labute approximate surface area is 60.6 Å². The summed E-state index contributed by atoms with van der Waals surface area (Å²) < 4.78 is 29.8. The maximum atomic E-state index is 9.93. The molecule has 0 aliphatic carbocycles. The minimum absolute atomic E-state index is 0.256. The van der Waals surface area contributed by atoms with E-state index >= 15 is 0 Å². The van der Waals surface area contributed by atoms with Crippen LogP contribution in [0.5, 0.6) is 0 Å². The number of hydrogen-bond acceptors (Lipinski definition) is 4. The van der Waals surface area contributed by atoms with E-state index in [0.29, 0.717) is 18.6 Å². The summed E-state index contributed by atoms with van der Waals surface area (Å²) >= 11 is 3.85. The van der Waals surface area contributed by atoms with Gasteiger partial charge >= 0.3 is 0 Å². The predicted octanol–water partition coefficient (Wildman–Crippen LogP) is 0.242. The molecule has 56 valence electrons. The summed E-state index contributed by atoms with van der Waals surface area (Å²) in [4.78, 5) is 0. The molecule has 0 aromatic rings. The molecule has 9 heavy (non-hydrogen) atoms. The van der Waals surface area contributed by atoms with E-state index in [9.17, 15) is 13.0 Å². The third-order valence-corrected chi connectivity index (χ3v) is 1.91. The Balaban J connectivity index is 3.30. The van der Waals surface area contributed by atoms with Gasteiger partial charge in [-0.25, -0.2) is 8.42 Å². The van der Waals surface area contributed by atoms with E-state index in [-0.39, 0.29) is 5.75 Å². The molecule has 0 atom stereocenters. The normalized spacial score (nSPS) is 11.8. The molecule has 0 unspecified atom stereocenters. The van der Waals surface area contributed by atoms with Crippen molar-refractivity contribution in [2.75, 3.05) is 11.5 Å². The zero-order valence-electron chi connectivity index (χ0n) is 4.91. The lowest BCUT2D eigenvalue weighted by Crippen LogP contribution is -2.03. The fraction of sp³-hybridized carbons (Fsp3) is 1.00. The summed E-state index contributed by atoms with van der Waals surface area (Å²) in [5, 5.41) is 0. The summed E-state index contributed by atoms with van der Waals surface area (Å²) in [6.45, 7) is 0. The Morgan fingerprint density at radius 3 is 2.22 bits per heavy atom. The molecule has 0 radical (unpaired) electrons. The van der Waals surface area contributed by atoms with Crippen LogP contribution in [0.15, 0.2) is 0 Å². The number of hydrogen-bond donors (Lipinski definition) is 1. The third-order valence-electron chi connectivity index (χ3n) is 0.802. The predicted molar refractivity (Wildman–Crippen MR) is 37.7 cm³/mol. The van der Waals surface area contributed by atoms with Crippen molar-refractivity contribution in [2.24, 2.45) is 0 Å². The summed E-state index contributed by atoms with van der Waals surface area (Å²) in [7, 11) is -3.98. The van der Waals surface area contributed by atoms with Gasteiger partial charge in [-0.15, -0.1) is 0 Å². The van der Waals surface area contributed by atoms with E-state index in [1.807, 2.05) is 0 Å². The molecule has 0 N–H and O–H groups in total. The Morgan fingerprint density at radius 2 is 1.89 bits per heavy atom. The van der Waals surface area contributed by atoms with E-state index in [0.717, 1.165) is 0 Å². The highest BCUT2D eigenvalue weighted by molar-refractivity contribution is 7.85. The number of rotatable bonds is 4. The molecule has 0 bridgehead atoms. The molecule has 0 fully saturated rings. The van der Waals surface area contributed by atoms with Crippen LogP contribution in [0, 0.1) is 0 Å². The van der Waals surface area contributed by atoms with Crippen LogP contribution < -0.4 is 0 Å². The van der Waals surface area contributed by atoms with Crippen LogP contribution in [0.3, 0.4) is 0 Å². The van der Waals surface area contributed by atoms with Gasteiger partial charge in [-0.3, -0.25) is 0 Å². The van der Waals surface area contributed by atoms with Crippen LogP contribution in [0.1, 0.15) is 12.8 Å². The summed E-state index contributed by atoms with van der Waals surface area (Å²) in [6, 6.07) is 0. The number of unbranched alkanes of at least 4 members (excludes halogenated alkanes) is 1. The van der Waals surface area contributed by atoms with Gasteiger partial charge in [-0.05, 0) is 18.6 Å². The monoisotopic (exact) mass is 169 g/mol. The molecule has 0 aromatic heterocycles. The van der Waals surface area contributed by atoms with Gasteiger partial charge in [0.1, 0.15) is 0 Å². The van der Waals surface area contributed by atoms with Crippen molar-refractivity contribution >= 4 is 22.7 Å². The summed E-state index contributed by atoms with van der Waals surface area (Å²) in [6.07, 6.45) is 1.11. The maximum Gasteiger partial charge on any atom is 0.0945 e. The fourth-order valence-electron chi connectivity index (χ4n) is 0.391. The first-order valence-corrected chi connectivity index (χ1v) is 4.81. The van der Waals surface area contributed by atoms with Crippen LogP contribution in [0.4, 0.5) is 0 Å². The van der Waals surface area contributed by atoms with Gasteiger partial charge < -0.3 is 4.55 Å². The lowest BCUT2D eigenvalue weighted by atomic mass is 10.4. The van der Waals surface area contributed by atoms with Gasteiger partial charge in [-0.2, -0.15) is 12.6 Å². The Morgan fingerprint density at radius 1 is 1.33 bits per heavy atom. The van der Waals surface area contributed by atoms with Crippen LogP contribution in [-0.4, -0.2) is 24.5 Å². The minimum Gasteiger partial charge on any atom is -0.748 e. The molecule has 0 saturated heterocycles. The lowest BCUT2D eigenvalue weighted by molar-refractivity contribution is 0.461. The largest absolute Gasteiger partial charge is 0.748 e. The summed E-state index contributed by atoms with van der Waals surface area (Å²) in [5.41, 5.74) is 0. The van der Waals surface area contributed by atoms with E-state index < -0.39 is 10.1 Å². The average molecular weight is 169 g/mol. The SMILES string of the molecule is O=S(=O)([O-])CCCCS. The van der Waals surface area contributed by atoms with Crippen LogP contribution >= 0.6 is 12.6 Å². The molecular weight excluding hydrogens is 160 g/mol. The maximum absolute atomic E-state index is 9.93. The first-order valence-electron chi connectivity index (χ1n) is 2.60. The fourth-order valence-corrected chi connectivity index (χ4v) is 1.17. The third kappa shape index (κ3) is 8.26. The van der Waals surface area contributed by atoms with Gasteiger partial charge in [0.2, 0.25) is 0 Å². The van der Waals surface area contributed by atoms with Crippen LogP contribution in [-0.2, 0) is 10.1 Å². The lowest BCUT2D eigenvalue weighted by Gasteiger charge is -2.03. The van der Waals surface area contributed by atoms with Crippen molar-refractivity contribution in [3.63, 3.8) is 0 Å². The molecule has 0 aliphatic rings. The molecule has 0 amide bonds. The van der Waals surface area contributed by atoms with E-state index in [2.05, 4.69) is 12.6 Å². The Kier molecular flexibility index (Phi) is 4.26. The highest BCUT2D eigenvalue weighted by atomic mass is 32.2. The topological polar surface area (TPSA) is 57.2 Å². The highest BCUT2D eigenvalue weighted by Gasteiger charge is 1.92. The van der Waals surface area contributed by atoms with Gasteiger partial charge in [0.15, 0.2) is 0 Å². The Hall–Kier alpha value is 0.260. The molecule has 0 saturated carbocycles. The molecule has 0 rings (SSSR count). The van der Waals surface area contributed by atoms with E-state index in [1.165, 1.54) is 0 Å². The first kappa shape index (κ1) is 9.26. The van der Waals surface area contributed by atoms with Crippen LogP contribution in [0.2, 0.25) is 0 Å². The van der Waals surface area contributed by atoms with Crippen molar-refractivity contribution in [3.05, 3.63) is 0 Å². The van der Waals surface area contributed by atoms with Crippen molar-refractivity contribution in [3.8, 4) is 0 Å². The standard InChI is InChI=1S/C4H10O3S2/c5-9(6,7)4-2-1-3-8/h8H,1-4H2,(H,5,6,7)/p-1. The molecule has 0 spiro atoms. The van der Waals surface area contributed by atoms with Crippen molar-refractivity contribution < 1.29 is 13.0 Å². The number of thiol groups is 1. The smallest absolute Gasteiger partial charge is 0.0945 e. The second kappa shape index (κ2) is 4.14. The van der Waals surface area contributed by atoms with Crippen molar-refractivity contribution in [2.45, 2.75) is 12.8 Å². The van der Waals surface area contributed by atoms with Gasteiger partial charge in [0.05, 0.1) is 10.1 Å². The Bertz CT molecular complexity index is 149. The second-order valence-corrected chi connectivity index (χ2v) is 3.66. The zero-order chi connectivity index (χ0) is 7.33. The average Bonchev–Trinajstić information content (AvgIpc) is 1.63. The quantitative estimate of drug-likeness (QED) is 0.372. The molecule has 0 aromatic carbocycles. The molecule has 3 nitrogen and oxygen atoms in total. The van der Waals surface area contributed by atoms with Gasteiger partial charge in [-0.1, -0.05) is 0 Å². The van der Waals surface area contributed by atoms with Crippen molar-refractivity contribution in [1.29, 1.82) is 0 Å². The van der Waals surface area contributed by atoms with Crippen molar-refractivity contribution in [1.82, 2.24) is 0 Å². The summed E-state index contributed by atoms with van der Waals surface area (Å²) in [5.74, 6) is 0.378. The molecule has 0 aliphatic heterocycles. The highest BCUT2D eigenvalue weighted by Crippen LogP contribution is 1.94. The first-order chi connectivity index (χ1) is 4.06. The minimum atomic E-state index is -3.98. The van der Waals surface area contributed by atoms with Gasteiger partial charge in [0, 0.05) is 5.75 Å². The van der Waals surface area contributed by atoms with E-state index in [1.54, 1.807) is 0 Å². The molecule has 0 heterocycles. The second-order valence-electron chi connectivity index (χ2n) is 1.69. The molecule has 5 heteroatoms. The zero-order valence-corrected chi connectivity index (χ0v) is 6.62.